The molecular formula is C13H16OS. The minimum absolute atomic E-state index is 0.0580. The summed E-state index contributed by atoms with van der Waals surface area (Å²) in [6, 6.07) is 10.1. The molecule has 0 radical (unpaired) electrons. The van der Waals surface area contributed by atoms with E-state index in [1.165, 1.54) is 17.3 Å². The fraction of sp³-hybridized carbons (Fsp3) is 0.308. The Morgan fingerprint density at radius 3 is 2.67 bits per heavy atom. The zero-order valence-electron chi connectivity index (χ0n) is 8.98. The van der Waals surface area contributed by atoms with Crippen LogP contribution in [-0.4, -0.2) is 10.9 Å². The lowest BCUT2D eigenvalue weighted by molar-refractivity contribution is -0.113. The quantitative estimate of drug-likeness (QED) is 0.708. The molecule has 0 aromatic heterocycles. The van der Waals surface area contributed by atoms with Gasteiger partial charge in [-0.3, -0.25) is 4.79 Å². The van der Waals surface area contributed by atoms with E-state index in [9.17, 15) is 4.79 Å². The van der Waals surface area contributed by atoms with Crippen LogP contribution in [0.2, 0.25) is 0 Å². The molecule has 1 nitrogen and oxygen atoms in total. The molecule has 0 N–H and O–H groups in total. The van der Waals surface area contributed by atoms with E-state index in [0.29, 0.717) is 0 Å². The highest BCUT2D eigenvalue weighted by Crippen LogP contribution is 2.17. The predicted octanol–water partition coefficient (Wildman–Crippen LogP) is 3.31. The van der Waals surface area contributed by atoms with Crippen LogP contribution < -0.4 is 0 Å². The van der Waals surface area contributed by atoms with Gasteiger partial charge in [-0.1, -0.05) is 55.1 Å². The molecule has 0 aliphatic rings. The molecule has 1 atom stereocenters. The van der Waals surface area contributed by atoms with Crippen LogP contribution in [0.1, 0.15) is 12.5 Å². The van der Waals surface area contributed by atoms with Crippen LogP contribution in [0, 0.1) is 5.92 Å². The van der Waals surface area contributed by atoms with Gasteiger partial charge in [0, 0.05) is 5.92 Å². The summed E-state index contributed by atoms with van der Waals surface area (Å²) in [5, 5.41) is 0.219. The van der Waals surface area contributed by atoms with Crippen LogP contribution in [0.4, 0.5) is 0 Å². The molecule has 0 amide bonds. The van der Waals surface area contributed by atoms with E-state index in [2.05, 4.69) is 6.58 Å². The number of thioether (sulfide) groups is 1. The Bertz CT molecular complexity index is 319. The van der Waals surface area contributed by atoms with Crippen LogP contribution in [0.25, 0.3) is 0 Å². The van der Waals surface area contributed by atoms with Gasteiger partial charge < -0.3 is 0 Å². The molecule has 1 rings (SSSR count). The average molecular weight is 220 g/mol. The first-order valence-corrected chi connectivity index (χ1v) is 6.09. The van der Waals surface area contributed by atoms with Gasteiger partial charge in [0.2, 0.25) is 0 Å². The molecule has 0 saturated heterocycles. The van der Waals surface area contributed by atoms with E-state index >= 15 is 0 Å². The lowest BCUT2D eigenvalue weighted by atomic mass is 10.0. The van der Waals surface area contributed by atoms with Gasteiger partial charge in [-0.2, -0.15) is 0 Å². The van der Waals surface area contributed by atoms with Crippen LogP contribution >= 0.6 is 11.8 Å². The second-order valence-electron chi connectivity index (χ2n) is 3.28. The molecular weight excluding hydrogens is 204 g/mol. The van der Waals surface area contributed by atoms with Gasteiger partial charge >= 0.3 is 0 Å². The monoisotopic (exact) mass is 220 g/mol. The maximum atomic E-state index is 11.7. The summed E-state index contributed by atoms with van der Waals surface area (Å²) in [5.41, 5.74) is 1.19. The molecule has 0 bridgehead atoms. The zero-order chi connectivity index (χ0) is 11.1. The lowest BCUT2D eigenvalue weighted by Crippen LogP contribution is -2.11. The maximum absolute atomic E-state index is 11.7. The first-order valence-electron chi connectivity index (χ1n) is 5.11. The van der Waals surface area contributed by atoms with Crippen molar-refractivity contribution in [3.63, 3.8) is 0 Å². The lowest BCUT2D eigenvalue weighted by Gasteiger charge is -2.09. The summed E-state index contributed by atoms with van der Waals surface area (Å²) >= 11 is 1.37. The number of benzene rings is 1. The summed E-state index contributed by atoms with van der Waals surface area (Å²) in [6.07, 6.45) is 2.51. The summed E-state index contributed by atoms with van der Waals surface area (Å²) in [6.45, 7) is 5.72. The highest BCUT2D eigenvalue weighted by Gasteiger charge is 2.14. The largest absolute Gasteiger partial charge is 0.287 e. The number of carbonyl (C=O) groups is 1. The van der Waals surface area contributed by atoms with E-state index in [1.54, 1.807) is 6.08 Å². The summed E-state index contributed by atoms with van der Waals surface area (Å²) in [4.78, 5) is 11.7. The van der Waals surface area contributed by atoms with Crippen LogP contribution in [0.15, 0.2) is 43.0 Å². The fourth-order valence-corrected chi connectivity index (χ4v) is 2.06. The topological polar surface area (TPSA) is 17.1 Å². The summed E-state index contributed by atoms with van der Waals surface area (Å²) in [7, 11) is 0. The minimum atomic E-state index is -0.0580. The Morgan fingerprint density at radius 2 is 2.13 bits per heavy atom. The SMILES string of the molecule is C=CC(Cc1ccccc1)C(=O)SCC. The van der Waals surface area contributed by atoms with Gasteiger partial charge in [-0.05, 0) is 17.7 Å². The molecule has 15 heavy (non-hydrogen) atoms. The third kappa shape index (κ3) is 3.92. The maximum Gasteiger partial charge on any atom is 0.196 e. The Balaban J connectivity index is 2.62. The Labute approximate surface area is 95.6 Å². The second kappa shape index (κ2) is 6.46. The molecule has 1 unspecified atom stereocenters. The smallest absolute Gasteiger partial charge is 0.196 e. The first-order chi connectivity index (χ1) is 7.27. The first kappa shape index (κ1) is 12.1. The van der Waals surface area contributed by atoms with Crippen molar-refractivity contribution >= 4 is 16.9 Å². The zero-order valence-corrected chi connectivity index (χ0v) is 9.80. The Kier molecular flexibility index (Phi) is 5.19. The Morgan fingerprint density at radius 1 is 1.47 bits per heavy atom. The molecule has 1 aromatic rings. The highest BCUT2D eigenvalue weighted by atomic mass is 32.2. The number of hydrogen-bond donors (Lipinski definition) is 0. The molecule has 2 heteroatoms. The number of rotatable bonds is 5. The van der Waals surface area contributed by atoms with E-state index in [1.807, 2.05) is 37.3 Å². The van der Waals surface area contributed by atoms with E-state index in [0.717, 1.165) is 12.2 Å². The Hall–Kier alpha value is -1.02. The van der Waals surface area contributed by atoms with Crippen molar-refractivity contribution in [3.8, 4) is 0 Å². The van der Waals surface area contributed by atoms with Gasteiger partial charge in [0.25, 0.3) is 0 Å². The number of allylic oxidation sites excluding steroid dienone is 1. The van der Waals surface area contributed by atoms with E-state index in [-0.39, 0.29) is 11.0 Å². The van der Waals surface area contributed by atoms with Crippen LogP contribution in [0.5, 0.6) is 0 Å². The van der Waals surface area contributed by atoms with Crippen molar-refractivity contribution in [1.82, 2.24) is 0 Å². The van der Waals surface area contributed by atoms with Crippen LogP contribution in [-0.2, 0) is 11.2 Å². The molecule has 1 aromatic carbocycles. The third-order valence-corrected chi connectivity index (χ3v) is 3.05. The van der Waals surface area contributed by atoms with Gasteiger partial charge in [0.15, 0.2) is 5.12 Å². The fourth-order valence-electron chi connectivity index (χ4n) is 1.38. The van der Waals surface area contributed by atoms with Gasteiger partial charge in [0.05, 0.1) is 0 Å². The molecule has 0 fully saturated rings. The molecule has 80 valence electrons. The molecule has 0 saturated carbocycles. The van der Waals surface area contributed by atoms with Crippen molar-refractivity contribution in [2.24, 2.45) is 5.92 Å². The van der Waals surface area contributed by atoms with Gasteiger partial charge in [-0.15, -0.1) is 6.58 Å². The van der Waals surface area contributed by atoms with E-state index < -0.39 is 0 Å². The van der Waals surface area contributed by atoms with Gasteiger partial charge in [0.1, 0.15) is 0 Å². The molecule has 0 aliphatic carbocycles. The number of carbonyl (C=O) groups excluding carboxylic acids is 1. The second-order valence-corrected chi connectivity index (χ2v) is 4.55. The standard InChI is InChI=1S/C13H16OS/c1-3-12(13(14)15-4-2)10-11-8-6-5-7-9-11/h3,5-9,12H,1,4,10H2,2H3. The predicted molar refractivity (Wildman–Crippen MR) is 67.0 cm³/mol. The van der Waals surface area contributed by atoms with Crippen molar-refractivity contribution in [2.45, 2.75) is 13.3 Å². The van der Waals surface area contributed by atoms with Crippen LogP contribution in [0.3, 0.4) is 0 Å². The molecule has 0 aliphatic heterocycles. The van der Waals surface area contributed by atoms with E-state index in [4.69, 9.17) is 0 Å². The molecule has 0 heterocycles. The van der Waals surface area contributed by atoms with Gasteiger partial charge in [-0.25, -0.2) is 0 Å². The molecule has 0 spiro atoms. The minimum Gasteiger partial charge on any atom is -0.287 e. The average Bonchev–Trinajstić information content (AvgIpc) is 2.27. The summed E-state index contributed by atoms with van der Waals surface area (Å²) < 4.78 is 0. The normalized spacial score (nSPS) is 12.1. The summed E-state index contributed by atoms with van der Waals surface area (Å²) in [5.74, 6) is 0.773. The third-order valence-electron chi connectivity index (χ3n) is 2.17. The highest BCUT2D eigenvalue weighted by molar-refractivity contribution is 8.13. The van der Waals surface area contributed by atoms with Crippen molar-refractivity contribution in [1.29, 1.82) is 0 Å². The van der Waals surface area contributed by atoms with Crippen molar-refractivity contribution in [2.75, 3.05) is 5.75 Å². The van der Waals surface area contributed by atoms with Crippen molar-refractivity contribution < 1.29 is 4.79 Å². The van der Waals surface area contributed by atoms with Crippen molar-refractivity contribution in [3.05, 3.63) is 48.6 Å². The number of hydrogen-bond acceptors (Lipinski definition) is 2.